The predicted molar refractivity (Wildman–Crippen MR) is 93.4 cm³/mol. The molecule has 1 unspecified atom stereocenters. The van der Waals surface area contributed by atoms with Crippen molar-refractivity contribution in [3.8, 4) is 11.5 Å². The zero-order valence-electron chi connectivity index (χ0n) is 13.6. The van der Waals surface area contributed by atoms with E-state index in [4.69, 9.17) is 16.3 Å². The molecule has 0 radical (unpaired) electrons. The highest BCUT2D eigenvalue weighted by Gasteiger charge is 2.30. The fraction of sp³-hybridized carbons (Fsp3) is 0.368. The SMILES string of the molecule is CN1CCN(C2Cc3cc(Cl)ccc3Oc3ccc(F)cc32)CC1. The van der Waals surface area contributed by atoms with Crippen LogP contribution in [0.3, 0.4) is 0 Å². The average molecular weight is 347 g/mol. The van der Waals surface area contributed by atoms with Crippen molar-refractivity contribution in [3.05, 3.63) is 58.4 Å². The standard InChI is InChI=1S/C19H20ClFN2O/c1-22-6-8-23(9-7-22)17-11-13-10-14(20)2-4-18(13)24-19-5-3-15(21)12-16(17)19/h2-5,10,12,17H,6-9,11H2,1H3. The maximum Gasteiger partial charge on any atom is 0.132 e. The molecule has 4 rings (SSSR count). The molecule has 1 fully saturated rings. The summed E-state index contributed by atoms with van der Waals surface area (Å²) in [5.41, 5.74) is 2.00. The van der Waals surface area contributed by atoms with Crippen LogP contribution in [-0.4, -0.2) is 43.0 Å². The first-order chi connectivity index (χ1) is 11.6. The molecular weight excluding hydrogens is 327 g/mol. The number of halogens is 2. The lowest BCUT2D eigenvalue weighted by Crippen LogP contribution is -2.46. The number of likely N-dealkylation sites (N-methyl/N-ethyl adjacent to an activating group) is 1. The highest BCUT2D eigenvalue weighted by atomic mass is 35.5. The van der Waals surface area contributed by atoms with Gasteiger partial charge >= 0.3 is 0 Å². The van der Waals surface area contributed by atoms with Gasteiger partial charge in [-0.1, -0.05) is 11.6 Å². The molecular formula is C19H20ClFN2O. The van der Waals surface area contributed by atoms with Crippen LogP contribution in [0.5, 0.6) is 11.5 Å². The Labute approximate surface area is 146 Å². The van der Waals surface area contributed by atoms with Gasteiger partial charge in [-0.05, 0) is 55.4 Å². The normalized spacial score (nSPS) is 21.5. The molecule has 5 heteroatoms. The smallest absolute Gasteiger partial charge is 0.132 e. The number of hydrogen-bond donors (Lipinski definition) is 0. The van der Waals surface area contributed by atoms with Gasteiger partial charge in [0, 0.05) is 42.8 Å². The van der Waals surface area contributed by atoms with Crippen molar-refractivity contribution >= 4 is 11.6 Å². The monoisotopic (exact) mass is 346 g/mol. The molecule has 0 bridgehead atoms. The molecule has 0 N–H and O–H groups in total. The Balaban J connectivity index is 1.77. The van der Waals surface area contributed by atoms with Gasteiger partial charge in [0.25, 0.3) is 0 Å². The maximum absolute atomic E-state index is 13.9. The van der Waals surface area contributed by atoms with Crippen LogP contribution < -0.4 is 4.74 Å². The fourth-order valence-electron chi connectivity index (χ4n) is 3.58. The highest BCUT2D eigenvalue weighted by molar-refractivity contribution is 6.30. The number of hydrogen-bond acceptors (Lipinski definition) is 3. The van der Waals surface area contributed by atoms with E-state index in [1.54, 1.807) is 12.1 Å². The second kappa shape index (κ2) is 6.36. The lowest BCUT2D eigenvalue weighted by molar-refractivity contribution is 0.111. The van der Waals surface area contributed by atoms with E-state index in [-0.39, 0.29) is 11.9 Å². The fourth-order valence-corrected chi connectivity index (χ4v) is 3.77. The average Bonchev–Trinajstić information content (AvgIpc) is 2.72. The molecule has 1 saturated heterocycles. The van der Waals surface area contributed by atoms with Crippen molar-refractivity contribution in [2.45, 2.75) is 12.5 Å². The van der Waals surface area contributed by atoms with Gasteiger partial charge < -0.3 is 9.64 Å². The van der Waals surface area contributed by atoms with Crippen molar-refractivity contribution < 1.29 is 9.13 Å². The summed E-state index contributed by atoms with van der Waals surface area (Å²) in [6.07, 6.45) is 0.774. The Bertz CT molecular complexity index is 759. The first kappa shape index (κ1) is 15.9. The topological polar surface area (TPSA) is 15.7 Å². The van der Waals surface area contributed by atoms with E-state index >= 15 is 0 Å². The van der Waals surface area contributed by atoms with E-state index in [9.17, 15) is 4.39 Å². The van der Waals surface area contributed by atoms with Crippen LogP contribution >= 0.6 is 11.6 Å². The van der Waals surface area contributed by atoms with Crippen LogP contribution in [0.2, 0.25) is 5.02 Å². The first-order valence-corrected chi connectivity index (χ1v) is 8.66. The molecule has 2 aromatic carbocycles. The minimum atomic E-state index is -0.222. The van der Waals surface area contributed by atoms with E-state index in [2.05, 4.69) is 16.8 Å². The third-order valence-corrected chi connectivity index (χ3v) is 5.20. The molecule has 2 aromatic rings. The maximum atomic E-state index is 13.9. The van der Waals surface area contributed by atoms with Crippen LogP contribution in [0.1, 0.15) is 17.2 Å². The predicted octanol–water partition coefficient (Wildman–Crippen LogP) is 4.12. The minimum absolute atomic E-state index is 0.101. The molecule has 24 heavy (non-hydrogen) atoms. The molecule has 0 spiro atoms. The molecule has 0 aliphatic carbocycles. The lowest BCUT2D eigenvalue weighted by atomic mass is 9.96. The second-order valence-corrected chi connectivity index (χ2v) is 7.03. The van der Waals surface area contributed by atoms with Crippen LogP contribution in [-0.2, 0) is 6.42 Å². The van der Waals surface area contributed by atoms with Gasteiger partial charge in [-0.3, -0.25) is 4.90 Å². The van der Waals surface area contributed by atoms with E-state index in [0.717, 1.165) is 55.2 Å². The highest BCUT2D eigenvalue weighted by Crippen LogP contribution is 2.42. The van der Waals surface area contributed by atoms with Crippen molar-refractivity contribution in [3.63, 3.8) is 0 Å². The second-order valence-electron chi connectivity index (χ2n) is 6.60. The number of rotatable bonds is 1. The Morgan fingerprint density at radius 3 is 2.58 bits per heavy atom. The first-order valence-electron chi connectivity index (χ1n) is 8.28. The lowest BCUT2D eigenvalue weighted by Gasteiger charge is -2.38. The van der Waals surface area contributed by atoms with Gasteiger partial charge in [-0.25, -0.2) is 4.39 Å². The zero-order valence-corrected chi connectivity index (χ0v) is 14.4. The van der Waals surface area contributed by atoms with Crippen LogP contribution in [0.15, 0.2) is 36.4 Å². The van der Waals surface area contributed by atoms with Crippen LogP contribution in [0.4, 0.5) is 4.39 Å². The Hall–Kier alpha value is -1.62. The van der Waals surface area contributed by atoms with Crippen molar-refractivity contribution in [2.75, 3.05) is 33.2 Å². The van der Waals surface area contributed by atoms with E-state index < -0.39 is 0 Å². The van der Waals surface area contributed by atoms with Gasteiger partial charge in [0.2, 0.25) is 0 Å². The number of fused-ring (bicyclic) bond motifs is 2. The number of nitrogens with zero attached hydrogens (tertiary/aromatic N) is 2. The van der Waals surface area contributed by atoms with Crippen LogP contribution in [0, 0.1) is 5.82 Å². The van der Waals surface area contributed by atoms with Crippen molar-refractivity contribution in [1.29, 1.82) is 0 Å². The largest absolute Gasteiger partial charge is 0.457 e. The molecule has 0 aromatic heterocycles. The van der Waals surface area contributed by atoms with Gasteiger partial charge in [-0.15, -0.1) is 0 Å². The van der Waals surface area contributed by atoms with E-state index in [0.29, 0.717) is 5.02 Å². The van der Waals surface area contributed by atoms with Gasteiger partial charge in [0.05, 0.1) is 0 Å². The van der Waals surface area contributed by atoms with Gasteiger partial charge in [0.1, 0.15) is 17.3 Å². The van der Waals surface area contributed by atoms with Crippen molar-refractivity contribution in [2.24, 2.45) is 0 Å². The number of piperazine rings is 1. The summed E-state index contributed by atoms with van der Waals surface area (Å²) in [5.74, 6) is 1.32. The molecule has 126 valence electrons. The zero-order chi connectivity index (χ0) is 16.7. The summed E-state index contributed by atoms with van der Waals surface area (Å²) in [6, 6.07) is 10.6. The molecule has 2 aliphatic heterocycles. The summed E-state index contributed by atoms with van der Waals surface area (Å²) in [6.45, 7) is 3.97. The summed E-state index contributed by atoms with van der Waals surface area (Å²) < 4.78 is 20.0. The molecule has 0 amide bonds. The van der Waals surface area contributed by atoms with E-state index in [1.165, 1.54) is 6.07 Å². The van der Waals surface area contributed by atoms with Gasteiger partial charge in [-0.2, -0.15) is 0 Å². The number of benzene rings is 2. The molecule has 2 heterocycles. The molecule has 0 saturated carbocycles. The number of ether oxygens (including phenoxy) is 1. The summed E-state index contributed by atoms with van der Waals surface area (Å²) in [7, 11) is 2.14. The Kier molecular flexibility index (Phi) is 4.21. The minimum Gasteiger partial charge on any atom is -0.457 e. The van der Waals surface area contributed by atoms with Gasteiger partial charge in [0.15, 0.2) is 0 Å². The molecule has 2 aliphatic rings. The van der Waals surface area contributed by atoms with Crippen LogP contribution in [0.25, 0.3) is 0 Å². The third kappa shape index (κ3) is 3.02. The quantitative estimate of drug-likeness (QED) is 0.772. The Morgan fingerprint density at radius 2 is 1.79 bits per heavy atom. The molecule has 1 atom stereocenters. The third-order valence-electron chi connectivity index (χ3n) is 4.97. The summed E-state index contributed by atoms with van der Waals surface area (Å²) in [5, 5.41) is 0.701. The summed E-state index contributed by atoms with van der Waals surface area (Å²) >= 11 is 6.18. The molecule has 3 nitrogen and oxygen atoms in total. The van der Waals surface area contributed by atoms with E-state index in [1.807, 2.05) is 18.2 Å². The Morgan fingerprint density at radius 1 is 1.04 bits per heavy atom. The van der Waals surface area contributed by atoms with Crippen molar-refractivity contribution in [1.82, 2.24) is 9.80 Å². The summed E-state index contributed by atoms with van der Waals surface area (Å²) in [4.78, 5) is 4.75.